The Morgan fingerprint density at radius 3 is 2.11 bits per heavy atom. The monoisotopic (exact) mass is 383 g/mol. The van der Waals surface area contributed by atoms with Gasteiger partial charge in [-0.1, -0.05) is 54.6 Å². The Labute approximate surface area is 164 Å². The van der Waals surface area contributed by atoms with Gasteiger partial charge < -0.3 is 15.5 Å². The maximum atomic E-state index is 11.5. The Hall–Kier alpha value is -3.15. The quantitative estimate of drug-likeness (QED) is 0.516. The molecule has 2 rings (SSSR count). The predicted octanol–water partition coefficient (Wildman–Crippen LogP) is 3.36. The summed E-state index contributed by atoms with van der Waals surface area (Å²) in [7, 11) is 0. The molecule has 2 aromatic rings. The Morgan fingerprint density at radius 2 is 1.50 bits per heavy atom. The van der Waals surface area contributed by atoms with E-state index in [4.69, 9.17) is 5.11 Å². The van der Waals surface area contributed by atoms with Crippen LogP contribution in [0, 0.1) is 5.92 Å². The minimum atomic E-state index is -1.01. The number of benzene rings is 2. The van der Waals surface area contributed by atoms with Gasteiger partial charge in [-0.3, -0.25) is 14.4 Å². The zero-order chi connectivity index (χ0) is 20.4. The van der Waals surface area contributed by atoms with Gasteiger partial charge in [-0.05, 0) is 36.0 Å². The van der Waals surface area contributed by atoms with Crippen molar-refractivity contribution in [1.82, 2.24) is 5.32 Å². The third kappa shape index (κ3) is 7.23. The third-order valence-corrected chi connectivity index (χ3v) is 4.51. The molecule has 0 aliphatic heterocycles. The summed E-state index contributed by atoms with van der Waals surface area (Å²) in [4.78, 5) is 33.4. The van der Waals surface area contributed by atoms with Crippen molar-refractivity contribution >= 4 is 17.8 Å². The highest BCUT2D eigenvalue weighted by Crippen LogP contribution is 2.21. The fourth-order valence-corrected chi connectivity index (χ4v) is 2.95. The van der Waals surface area contributed by atoms with Crippen LogP contribution in [-0.4, -0.2) is 34.6 Å². The number of hydrogen-bond acceptors (Lipinski definition) is 3. The van der Waals surface area contributed by atoms with Crippen LogP contribution in [0.5, 0.6) is 0 Å². The fraction of sp³-hybridized carbons (Fsp3) is 0.318. The second-order valence-electron chi connectivity index (χ2n) is 6.69. The van der Waals surface area contributed by atoms with Gasteiger partial charge in [0.15, 0.2) is 0 Å². The number of carbonyl (C=O) groups is 3. The first kappa shape index (κ1) is 21.2. The Bertz CT molecular complexity index is 786. The molecule has 6 heteroatoms. The smallest absolute Gasteiger partial charge is 0.306 e. The standard InChI is InChI=1S/C22H25NO5/c24-20(12-13-21(25)26)23-14-4-7-19(22(27)28)15-16-8-10-18(11-9-16)17-5-2-1-3-6-17/h1-3,5-6,8-11,19H,4,7,12-15H2,(H,23,24)(H,25,26)(H,27,28). The molecule has 0 saturated heterocycles. The van der Waals surface area contributed by atoms with Crippen LogP contribution < -0.4 is 5.32 Å². The van der Waals surface area contributed by atoms with Crippen LogP contribution in [0.1, 0.15) is 31.2 Å². The lowest BCUT2D eigenvalue weighted by atomic mass is 9.93. The first-order valence-electron chi connectivity index (χ1n) is 9.31. The molecule has 0 aliphatic rings. The molecule has 0 radical (unpaired) electrons. The number of nitrogens with one attached hydrogen (secondary N) is 1. The third-order valence-electron chi connectivity index (χ3n) is 4.51. The molecule has 0 aliphatic carbocycles. The van der Waals surface area contributed by atoms with Crippen LogP contribution in [0.4, 0.5) is 0 Å². The van der Waals surface area contributed by atoms with E-state index < -0.39 is 17.9 Å². The van der Waals surface area contributed by atoms with Crippen LogP contribution in [0.2, 0.25) is 0 Å². The summed E-state index contributed by atoms with van der Waals surface area (Å²) in [5.74, 6) is -2.73. The van der Waals surface area contributed by atoms with E-state index in [0.717, 1.165) is 16.7 Å². The second kappa shape index (κ2) is 10.9. The average Bonchev–Trinajstić information content (AvgIpc) is 2.69. The molecule has 1 unspecified atom stereocenters. The van der Waals surface area contributed by atoms with Gasteiger partial charge in [0.1, 0.15) is 0 Å². The van der Waals surface area contributed by atoms with Crippen molar-refractivity contribution in [2.75, 3.05) is 6.54 Å². The van der Waals surface area contributed by atoms with Gasteiger partial charge in [-0.2, -0.15) is 0 Å². The lowest BCUT2D eigenvalue weighted by molar-refractivity contribution is -0.142. The van der Waals surface area contributed by atoms with E-state index in [-0.39, 0.29) is 18.7 Å². The van der Waals surface area contributed by atoms with Gasteiger partial charge in [0.2, 0.25) is 5.91 Å². The molecule has 6 nitrogen and oxygen atoms in total. The number of amides is 1. The van der Waals surface area contributed by atoms with E-state index in [1.165, 1.54) is 0 Å². The largest absolute Gasteiger partial charge is 0.481 e. The zero-order valence-electron chi connectivity index (χ0n) is 15.6. The Morgan fingerprint density at radius 1 is 0.857 bits per heavy atom. The molecule has 2 aromatic carbocycles. The summed E-state index contributed by atoms with van der Waals surface area (Å²) in [5, 5.41) is 20.6. The molecule has 1 atom stereocenters. The molecule has 0 saturated carbocycles. The summed E-state index contributed by atoms with van der Waals surface area (Å²) < 4.78 is 0. The van der Waals surface area contributed by atoms with Crippen LogP contribution in [0.3, 0.4) is 0 Å². The highest BCUT2D eigenvalue weighted by atomic mass is 16.4. The highest BCUT2D eigenvalue weighted by Gasteiger charge is 2.18. The zero-order valence-corrected chi connectivity index (χ0v) is 15.6. The van der Waals surface area contributed by atoms with Crippen molar-refractivity contribution in [2.24, 2.45) is 5.92 Å². The molecule has 1 amide bonds. The van der Waals surface area contributed by atoms with E-state index in [9.17, 15) is 19.5 Å². The van der Waals surface area contributed by atoms with Gasteiger partial charge in [0, 0.05) is 13.0 Å². The highest BCUT2D eigenvalue weighted by molar-refractivity contribution is 5.80. The van der Waals surface area contributed by atoms with E-state index >= 15 is 0 Å². The summed E-state index contributed by atoms with van der Waals surface area (Å²) in [6.45, 7) is 0.342. The van der Waals surface area contributed by atoms with Crippen molar-refractivity contribution in [1.29, 1.82) is 0 Å². The van der Waals surface area contributed by atoms with E-state index in [1.807, 2.05) is 54.6 Å². The SMILES string of the molecule is O=C(O)CCC(=O)NCCCC(Cc1ccc(-c2ccccc2)cc1)C(=O)O. The van der Waals surface area contributed by atoms with Crippen molar-refractivity contribution in [3.05, 3.63) is 60.2 Å². The van der Waals surface area contributed by atoms with Crippen molar-refractivity contribution < 1.29 is 24.6 Å². The van der Waals surface area contributed by atoms with Crippen molar-refractivity contribution in [2.45, 2.75) is 32.1 Å². The normalized spacial score (nSPS) is 11.6. The average molecular weight is 383 g/mol. The molecule has 0 spiro atoms. The topological polar surface area (TPSA) is 104 Å². The maximum absolute atomic E-state index is 11.5. The predicted molar refractivity (Wildman–Crippen MR) is 106 cm³/mol. The summed E-state index contributed by atoms with van der Waals surface area (Å²) >= 11 is 0. The van der Waals surface area contributed by atoms with Crippen LogP contribution in [-0.2, 0) is 20.8 Å². The number of hydrogen-bond donors (Lipinski definition) is 3. The van der Waals surface area contributed by atoms with Gasteiger partial charge in [0.25, 0.3) is 0 Å². The summed E-state index contributed by atoms with van der Waals surface area (Å²) in [6, 6.07) is 17.9. The van der Waals surface area contributed by atoms with Crippen LogP contribution in [0.15, 0.2) is 54.6 Å². The Balaban J connectivity index is 1.81. The van der Waals surface area contributed by atoms with Gasteiger partial charge in [0.05, 0.1) is 12.3 Å². The van der Waals surface area contributed by atoms with Gasteiger partial charge >= 0.3 is 11.9 Å². The van der Waals surface area contributed by atoms with Crippen molar-refractivity contribution in [3.63, 3.8) is 0 Å². The minimum Gasteiger partial charge on any atom is -0.481 e. The van der Waals surface area contributed by atoms with Crippen LogP contribution in [0.25, 0.3) is 11.1 Å². The first-order valence-corrected chi connectivity index (χ1v) is 9.31. The minimum absolute atomic E-state index is 0.0640. The maximum Gasteiger partial charge on any atom is 0.306 e. The first-order chi connectivity index (χ1) is 13.5. The van der Waals surface area contributed by atoms with Crippen LogP contribution >= 0.6 is 0 Å². The van der Waals surface area contributed by atoms with E-state index in [2.05, 4.69) is 5.32 Å². The molecule has 3 N–H and O–H groups in total. The second-order valence-corrected chi connectivity index (χ2v) is 6.69. The Kier molecular flexibility index (Phi) is 8.21. The molecule has 28 heavy (non-hydrogen) atoms. The lowest BCUT2D eigenvalue weighted by Crippen LogP contribution is -2.26. The summed E-state index contributed by atoms with van der Waals surface area (Å²) in [6.07, 6.45) is 1.12. The number of carboxylic acid groups (broad SMARTS) is 2. The number of aliphatic carboxylic acids is 2. The molecule has 0 fully saturated rings. The fourth-order valence-electron chi connectivity index (χ4n) is 2.95. The molecule has 0 heterocycles. The molecular weight excluding hydrogens is 358 g/mol. The van der Waals surface area contributed by atoms with E-state index in [1.54, 1.807) is 0 Å². The number of carboxylic acids is 2. The summed E-state index contributed by atoms with van der Waals surface area (Å²) in [5.41, 5.74) is 3.15. The molecule has 0 aromatic heterocycles. The van der Waals surface area contributed by atoms with Crippen molar-refractivity contribution in [3.8, 4) is 11.1 Å². The van der Waals surface area contributed by atoms with E-state index in [0.29, 0.717) is 25.8 Å². The number of rotatable bonds is 11. The van der Waals surface area contributed by atoms with Gasteiger partial charge in [-0.25, -0.2) is 0 Å². The lowest BCUT2D eigenvalue weighted by Gasteiger charge is -2.13. The number of carbonyl (C=O) groups excluding carboxylic acids is 1. The van der Waals surface area contributed by atoms with Gasteiger partial charge in [-0.15, -0.1) is 0 Å². The molecule has 148 valence electrons. The molecular formula is C22H25NO5. The molecule has 0 bridgehead atoms.